The molecule has 9 heteroatoms. The fraction of sp³-hybridized carbons (Fsp3) is 0.286. The van der Waals surface area contributed by atoms with Crippen molar-refractivity contribution in [1.29, 1.82) is 0 Å². The number of rotatable bonds is 8. The number of unbranched alkanes of at least 4 members (excludes halogenated alkanes) is 2. The molecule has 0 unspecified atom stereocenters. The van der Waals surface area contributed by atoms with Crippen LogP contribution in [0.1, 0.15) is 50.7 Å². The van der Waals surface area contributed by atoms with E-state index in [-0.39, 0.29) is 39.3 Å². The Balaban J connectivity index is 0.000000277. The maximum atomic E-state index is 11.9. The zero-order valence-corrected chi connectivity index (χ0v) is 25.1. The molecule has 0 aromatic heterocycles. The van der Waals surface area contributed by atoms with Gasteiger partial charge in [0.05, 0.1) is 4.90 Å². The molecule has 0 atom stereocenters. The molecule has 37 heavy (non-hydrogen) atoms. The summed E-state index contributed by atoms with van der Waals surface area (Å²) in [6, 6.07) is 21.1. The molecule has 0 aliphatic heterocycles. The molecule has 0 fully saturated rings. The maximum absolute atomic E-state index is 11.9. The number of fused-ring (bicyclic) bond motifs is 2. The van der Waals surface area contributed by atoms with E-state index >= 15 is 0 Å². The van der Waals surface area contributed by atoms with Crippen LogP contribution in [0.4, 0.5) is 0 Å². The summed E-state index contributed by atoms with van der Waals surface area (Å²) < 4.78 is 66.7. The minimum atomic E-state index is -4.49. The Morgan fingerprint density at radius 3 is 1.86 bits per heavy atom. The van der Waals surface area contributed by atoms with Crippen molar-refractivity contribution >= 4 is 41.8 Å². The quantitative estimate of drug-likeness (QED) is 0.265. The summed E-state index contributed by atoms with van der Waals surface area (Å²) in [6.45, 7) is 4.18. The molecule has 0 bridgehead atoms. The van der Waals surface area contributed by atoms with E-state index < -0.39 is 20.2 Å². The van der Waals surface area contributed by atoms with Gasteiger partial charge in [0.1, 0.15) is 15.0 Å². The number of benzene rings is 4. The van der Waals surface area contributed by atoms with Crippen LogP contribution in [0.25, 0.3) is 21.5 Å². The number of hydrogen-bond donors (Lipinski definition) is 1. The Labute approximate surface area is 241 Å². The second-order valence-electron chi connectivity index (χ2n) is 8.68. The van der Waals surface area contributed by atoms with Gasteiger partial charge in [0, 0.05) is 5.39 Å². The zero-order chi connectivity index (χ0) is 26.3. The van der Waals surface area contributed by atoms with E-state index in [1.165, 1.54) is 6.07 Å². The van der Waals surface area contributed by atoms with Crippen molar-refractivity contribution in [3.8, 4) is 0 Å². The molecule has 0 saturated heterocycles. The van der Waals surface area contributed by atoms with E-state index in [0.29, 0.717) is 17.2 Å². The third kappa shape index (κ3) is 8.10. The Morgan fingerprint density at radius 1 is 0.730 bits per heavy atom. The van der Waals surface area contributed by atoms with Crippen molar-refractivity contribution in [3.63, 3.8) is 0 Å². The minimum absolute atomic E-state index is 0. The van der Waals surface area contributed by atoms with Gasteiger partial charge in [-0.3, -0.25) is 4.55 Å². The van der Waals surface area contributed by atoms with Crippen LogP contribution >= 0.6 is 0 Å². The van der Waals surface area contributed by atoms with Crippen LogP contribution in [0, 0.1) is 0 Å². The molecule has 0 spiro atoms. The van der Waals surface area contributed by atoms with Crippen LogP contribution in [-0.2, 0) is 33.1 Å². The van der Waals surface area contributed by atoms with Crippen LogP contribution < -0.4 is 29.6 Å². The van der Waals surface area contributed by atoms with Gasteiger partial charge in [-0.2, -0.15) is 8.42 Å². The zero-order valence-electron chi connectivity index (χ0n) is 21.5. The van der Waals surface area contributed by atoms with Crippen LogP contribution in [0.3, 0.4) is 0 Å². The van der Waals surface area contributed by atoms with Gasteiger partial charge in [-0.25, -0.2) is 8.42 Å². The Morgan fingerprint density at radius 2 is 1.27 bits per heavy atom. The molecule has 0 saturated carbocycles. The minimum Gasteiger partial charge on any atom is -0.744 e. The molecule has 4 aromatic carbocycles. The van der Waals surface area contributed by atoms with Crippen LogP contribution in [0.2, 0.25) is 0 Å². The predicted molar refractivity (Wildman–Crippen MR) is 143 cm³/mol. The Kier molecular flexibility index (Phi) is 11.8. The third-order valence-electron chi connectivity index (χ3n) is 6.05. The van der Waals surface area contributed by atoms with Crippen molar-refractivity contribution in [2.75, 3.05) is 0 Å². The largest absolute Gasteiger partial charge is 1.00 e. The van der Waals surface area contributed by atoms with E-state index in [9.17, 15) is 21.4 Å². The predicted octanol–water partition coefficient (Wildman–Crippen LogP) is 3.52. The normalized spacial score (nSPS) is 11.6. The fourth-order valence-electron chi connectivity index (χ4n) is 4.34. The third-order valence-corrected chi connectivity index (χ3v) is 7.93. The maximum Gasteiger partial charge on any atom is 1.00 e. The van der Waals surface area contributed by atoms with Crippen molar-refractivity contribution in [1.82, 2.24) is 0 Å². The molecule has 4 aromatic rings. The molecule has 192 valence electrons. The van der Waals surface area contributed by atoms with Gasteiger partial charge in [-0.1, -0.05) is 93.4 Å². The summed E-state index contributed by atoms with van der Waals surface area (Å²) in [6.07, 6.45) is 5.37. The summed E-state index contributed by atoms with van der Waals surface area (Å²) in [5, 5.41) is 2.73. The van der Waals surface area contributed by atoms with Gasteiger partial charge < -0.3 is 4.55 Å². The van der Waals surface area contributed by atoms with E-state index in [2.05, 4.69) is 19.9 Å². The van der Waals surface area contributed by atoms with Gasteiger partial charge in [0.25, 0.3) is 10.1 Å². The molecular formula is C28H31NaO6S2. The first-order chi connectivity index (χ1) is 17.1. The summed E-state index contributed by atoms with van der Waals surface area (Å²) in [7, 11) is -8.62. The second kappa shape index (κ2) is 13.8. The monoisotopic (exact) mass is 550 g/mol. The second-order valence-corrected chi connectivity index (χ2v) is 11.4. The average molecular weight is 551 g/mol. The first kappa shape index (κ1) is 31.4. The Hall–Kier alpha value is -1.78. The van der Waals surface area contributed by atoms with Crippen molar-refractivity contribution < 1.29 is 55.5 Å². The van der Waals surface area contributed by atoms with Gasteiger partial charge in [-0.15, -0.1) is 0 Å². The van der Waals surface area contributed by atoms with Gasteiger partial charge >= 0.3 is 29.6 Å². The van der Waals surface area contributed by atoms with Crippen LogP contribution in [0.15, 0.2) is 82.6 Å². The van der Waals surface area contributed by atoms with Crippen molar-refractivity contribution in [3.05, 3.63) is 83.9 Å². The molecular weight excluding hydrogens is 519 g/mol. The molecule has 1 N–H and O–H groups in total. The van der Waals surface area contributed by atoms with Gasteiger partial charge in [0.2, 0.25) is 0 Å². The first-order valence-corrected chi connectivity index (χ1v) is 14.9. The van der Waals surface area contributed by atoms with E-state index in [1.807, 2.05) is 18.2 Å². The smallest absolute Gasteiger partial charge is 0.744 e. The fourth-order valence-corrected chi connectivity index (χ4v) is 6.04. The molecule has 6 nitrogen and oxygen atoms in total. The summed E-state index contributed by atoms with van der Waals surface area (Å²) >= 11 is 0. The number of aryl methyl sites for hydroxylation is 1. The SMILES string of the molecule is CCCCc1cc2ccccc2c(S(=O)(=O)[O-])c1CCCC.O=S(=O)(O)c1cccc2ccccc12.[Na+]. The summed E-state index contributed by atoms with van der Waals surface area (Å²) in [4.78, 5) is -0.0410. The van der Waals surface area contributed by atoms with Gasteiger partial charge in [0.15, 0.2) is 0 Å². The first-order valence-electron chi connectivity index (χ1n) is 12.0. The molecule has 0 aliphatic rings. The summed E-state index contributed by atoms with van der Waals surface area (Å²) in [5.74, 6) is 0. The number of hydrogen-bond acceptors (Lipinski definition) is 5. The molecule has 0 amide bonds. The molecule has 4 rings (SSSR count). The van der Waals surface area contributed by atoms with E-state index in [4.69, 9.17) is 4.55 Å². The topological polar surface area (TPSA) is 112 Å². The average Bonchev–Trinajstić information content (AvgIpc) is 2.84. The Bertz CT molecular complexity index is 1560. The molecule has 0 aliphatic carbocycles. The van der Waals surface area contributed by atoms with Crippen LogP contribution in [-0.4, -0.2) is 25.9 Å². The standard InChI is InChI=1S/C18H24O3S.C10H8O3S.Na/c1-3-5-9-14-13-15-10-7-8-12-17(15)18(22(19,20)21)16(14)11-6-4-2;11-14(12,13)10-7-3-5-8-4-1-2-6-9(8)10;/h7-8,10,12-13H,3-6,9,11H2,1-2H3,(H,19,20,21);1-7H,(H,11,12,13);/q;;+1/p-1. The summed E-state index contributed by atoms with van der Waals surface area (Å²) in [5.41, 5.74) is 1.76. The van der Waals surface area contributed by atoms with Crippen molar-refractivity contribution in [2.45, 2.75) is 62.2 Å². The molecule has 0 heterocycles. The van der Waals surface area contributed by atoms with E-state index in [1.54, 1.807) is 42.5 Å². The molecule has 0 radical (unpaired) electrons. The van der Waals surface area contributed by atoms with Gasteiger partial charge in [-0.05, 0) is 59.0 Å². The van der Waals surface area contributed by atoms with E-state index in [0.717, 1.165) is 54.0 Å². The van der Waals surface area contributed by atoms with Crippen LogP contribution in [0.5, 0.6) is 0 Å². The van der Waals surface area contributed by atoms with Crippen molar-refractivity contribution in [2.24, 2.45) is 0 Å².